The zero-order valence-corrected chi connectivity index (χ0v) is 16.1. The Bertz CT molecular complexity index is 808. The van der Waals surface area contributed by atoms with Crippen LogP contribution in [0.2, 0.25) is 0 Å². The van der Waals surface area contributed by atoms with Crippen molar-refractivity contribution >= 4 is 12.2 Å². The number of hydrogen-bond acceptors (Lipinski definition) is 6. The minimum Gasteiger partial charge on any atom is -0.462 e. The highest BCUT2D eigenvalue weighted by atomic mass is 19.4. The molecule has 6 nitrogen and oxygen atoms in total. The number of carbonyl (C=O) groups excluding carboxylic acids is 1. The number of fused-ring (bicyclic) bond motifs is 1. The number of allylic oxidation sites excluding steroid dienone is 1. The lowest BCUT2D eigenvalue weighted by atomic mass is 10.0. The van der Waals surface area contributed by atoms with Crippen LogP contribution >= 0.6 is 0 Å². The van der Waals surface area contributed by atoms with Gasteiger partial charge in [0.25, 0.3) is 6.47 Å². The Morgan fingerprint density at radius 3 is 2.46 bits per heavy atom. The van der Waals surface area contributed by atoms with E-state index in [1.54, 1.807) is 30.4 Å². The number of nitrogens with one attached hydrogen (secondary N) is 2. The summed E-state index contributed by atoms with van der Waals surface area (Å²) in [7, 11) is 1.75. The first kappa shape index (κ1) is 21.5. The maximum absolute atomic E-state index is 13.1. The zero-order chi connectivity index (χ0) is 20.9. The summed E-state index contributed by atoms with van der Waals surface area (Å²) >= 11 is 0. The Morgan fingerprint density at radius 1 is 1.25 bits per heavy atom. The Hall–Kier alpha value is -2.81. The molecule has 0 aromatic heterocycles. The molecule has 0 fully saturated rings. The van der Waals surface area contributed by atoms with Gasteiger partial charge in [-0.05, 0) is 32.9 Å². The number of hydrogen-bond donors (Lipinski definition) is 2. The van der Waals surface area contributed by atoms with E-state index in [1.807, 2.05) is 20.8 Å². The molecule has 2 aliphatic rings. The van der Waals surface area contributed by atoms with Crippen LogP contribution in [-0.4, -0.2) is 36.4 Å². The second kappa shape index (κ2) is 8.47. The van der Waals surface area contributed by atoms with Gasteiger partial charge in [0.2, 0.25) is 0 Å². The molecule has 0 bridgehead atoms. The van der Waals surface area contributed by atoms with Gasteiger partial charge in [0.05, 0.1) is 23.5 Å². The molecule has 0 radical (unpaired) electrons. The van der Waals surface area contributed by atoms with Gasteiger partial charge in [0.1, 0.15) is 5.60 Å². The standard InChI is InChI=1S/C14H13F3N4.C5H10O2/c1-18-12-8-19-21-7-6-11(20-13(12)21)9-4-2-3-5-10(9)14(15,16)17;1-5(2,3)7-4-6/h2-7,18-19H,8H2,1H3;4H,1-3H3. The molecule has 3 rings (SSSR count). The van der Waals surface area contributed by atoms with Crippen LogP contribution in [0.1, 0.15) is 31.9 Å². The molecule has 0 amide bonds. The van der Waals surface area contributed by atoms with Crippen LogP contribution < -0.4 is 10.7 Å². The molecule has 9 heteroatoms. The van der Waals surface area contributed by atoms with Gasteiger partial charge in [-0.2, -0.15) is 13.2 Å². The van der Waals surface area contributed by atoms with E-state index >= 15 is 0 Å². The summed E-state index contributed by atoms with van der Waals surface area (Å²) in [5.41, 5.74) is 3.27. The molecule has 1 aromatic rings. The van der Waals surface area contributed by atoms with Crippen molar-refractivity contribution in [1.82, 2.24) is 15.8 Å². The second-order valence-electron chi connectivity index (χ2n) is 6.94. The smallest absolute Gasteiger partial charge is 0.417 e. The van der Waals surface area contributed by atoms with Crippen molar-refractivity contribution in [1.29, 1.82) is 0 Å². The van der Waals surface area contributed by atoms with E-state index in [9.17, 15) is 18.0 Å². The second-order valence-corrected chi connectivity index (χ2v) is 6.94. The van der Waals surface area contributed by atoms with Gasteiger partial charge < -0.3 is 10.1 Å². The number of likely N-dealkylation sites (N-methyl/N-ethyl adjacent to an activating group) is 1. The van der Waals surface area contributed by atoms with Gasteiger partial charge in [0.15, 0.2) is 5.82 Å². The molecular weight excluding hydrogens is 373 g/mol. The summed E-state index contributed by atoms with van der Waals surface area (Å²) < 4.78 is 43.8. The van der Waals surface area contributed by atoms with Crippen LogP contribution in [0, 0.1) is 0 Å². The zero-order valence-electron chi connectivity index (χ0n) is 16.1. The van der Waals surface area contributed by atoms with E-state index in [0.29, 0.717) is 24.5 Å². The van der Waals surface area contributed by atoms with Crippen LogP contribution in [0.15, 0.2) is 53.1 Å². The first-order valence-corrected chi connectivity index (χ1v) is 8.55. The first-order valence-electron chi connectivity index (χ1n) is 8.55. The van der Waals surface area contributed by atoms with E-state index < -0.39 is 11.7 Å². The quantitative estimate of drug-likeness (QED) is 0.769. The Morgan fingerprint density at radius 2 is 1.93 bits per heavy atom. The predicted octanol–water partition coefficient (Wildman–Crippen LogP) is 3.19. The third-order valence-electron chi connectivity index (χ3n) is 3.74. The van der Waals surface area contributed by atoms with Crippen molar-refractivity contribution in [2.24, 2.45) is 4.99 Å². The number of alkyl halides is 3. The van der Waals surface area contributed by atoms with E-state index in [4.69, 9.17) is 0 Å². The Labute approximate surface area is 161 Å². The van der Waals surface area contributed by atoms with Crippen LogP contribution in [0.5, 0.6) is 0 Å². The van der Waals surface area contributed by atoms with Gasteiger partial charge in [-0.25, -0.2) is 10.4 Å². The summed E-state index contributed by atoms with van der Waals surface area (Å²) in [5.74, 6) is 0.590. The number of hydrazine groups is 1. The molecule has 0 saturated carbocycles. The molecule has 0 saturated heterocycles. The van der Waals surface area contributed by atoms with E-state index in [0.717, 1.165) is 11.8 Å². The number of benzene rings is 1. The number of ether oxygens (including phenoxy) is 1. The van der Waals surface area contributed by atoms with Gasteiger partial charge in [-0.15, -0.1) is 0 Å². The van der Waals surface area contributed by atoms with Crippen LogP contribution in [-0.2, 0) is 15.7 Å². The summed E-state index contributed by atoms with van der Waals surface area (Å²) in [6.45, 7) is 6.48. The third kappa shape index (κ3) is 5.35. The van der Waals surface area contributed by atoms with E-state index in [2.05, 4.69) is 20.5 Å². The number of aliphatic imine (C=N–C) groups is 1. The van der Waals surface area contributed by atoms with Gasteiger partial charge in [-0.1, -0.05) is 18.2 Å². The van der Waals surface area contributed by atoms with Crippen molar-refractivity contribution in [3.63, 3.8) is 0 Å². The largest absolute Gasteiger partial charge is 0.462 e. The van der Waals surface area contributed by atoms with Crippen molar-refractivity contribution in [2.45, 2.75) is 32.5 Å². The lowest BCUT2D eigenvalue weighted by molar-refractivity contribution is -0.139. The Balaban J connectivity index is 0.000000345. The molecular formula is C19H23F3N4O2. The first-order chi connectivity index (χ1) is 13.1. The number of nitrogens with zero attached hydrogens (tertiary/aromatic N) is 2. The van der Waals surface area contributed by atoms with Crippen LogP contribution in [0.3, 0.4) is 0 Å². The highest BCUT2D eigenvalue weighted by Gasteiger charge is 2.34. The van der Waals surface area contributed by atoms with Crippen LogP contribution in [0.4, 0.5) is 13.2 Å². The van der Waals surface area contributed by atoms with Crippen molar-refractivity contribution in [3.8, 4) is 0 Å². The maximum Gasteiger partial charge on any atom is 0.417 e. The minimum absolute atomic E-state index is 0.0794. The fraction of sp³-hybridized carbons (Fsp3) is 0.368. The average molecular weight is 396 g/mol. The van der Waals surface area contributed by atoms with E-state index in [-0.39, 0.29) is 11.2 Å². The fourth-order valence-electron chi connectivity index (χ4n) is 2.45. The molecule has 0 unspecified atom stereocenters. The molecule has 0 aliphatic carbocycles. The highest BCUT2D eigenvalue weighted by Crippen LogP contribution is 2.33. The molecule has 2 aliphatic heterocycles. The third-order valence-corrected chi connectivity index (χ3v) is 3.74. The number of rotatable bonds is 3. The normalized spacial score (nSPS) is 16.1. The van der Waals surface area contributed by atoms with Crippen molar-refractivity contribution in [3.05, 3.63) is 59.2 Å². The van der Waals surface area contributed by atoms with Gasteiger partial charge in [-0.3, -0.25) is 9.80 Å². The lowest BCUT2D eigenvalue weighted by Gasteiger charge is -2.20. The van der Waals surface area contributed by atoms with Crippen molar-refractivity contribution in [2.75, 3.05) is 13.6 Å². The minimum atomic E-state index is -4.40. The highest BCUT2D eigenvalue weighted by molar-refractivity contribution is 6.10. The topological polar surface area (TPSA) is 66.0 Å². The molecule has 0 spiro atoms. The molecule has 1 aromatic carbocycles. The maximum atomic E-state index is 13.1. The van der Waals surface area contributed by atoms with Crippen LogP contribution in [0.25, 0.3) is 0 Å². The molecule has 2 heterocycles. The molecule has 0 atom stereocenters. The number of carbonyl (C=O) groups is 1. The van der Waals surface area contributed by atoms with E-state index in [1.165, 1.54) is 12.1 Å². The molecule has 2 N–H and O–H groups in total. The monoisotopic (exact) mass is 396 g/mol. The SMILES string of the molecule is CC(C)(C)OC=O.CNC1=C2N=C(c3ccccc3C(F)(F)F)C=CN2NC1. The fourth-order valence-corrected chi connectivity index (χ4v) is 2.45. The summed E-state index contributed by atoms with van der Waals surface area (Å²) in [6, 6.07) is 5.46. The molecule has 28 heavy (non-hydrogen) atoms. The lowest BCUT2D eigenvalue weighted by Crippen LogP contribution is -2.28. The average Bonchev–Trinajstić information content (AvgIpc) is 3.03. The Kier molecular flexibility index (Phi) is 6.50. The summed E-state index contributed by atoms with van der Waals surface area (Å²) in [4.78, 5) is 13.9. The summed E-state index contributed by atoms with van der Waals surface area (Å²) in [6.07, 6.45) is -1.16. The summed E-state index contributed by atoms with van der Waals surface area (Å²) in [5, 5.41) is 4.68. The predicted molar refractivity (Wildman–Crippen MR) is 100.0 cm³/mol. The molecule has 152 valence electrons. The number of halogens is 3. The van der Waals surface area contributed by atoms with Crippen molar-refractivity contribution < 1.29 is 22.7 Å². The van der Waals surface area contributed by atoms with Gasteiger partial charge >= 0.3 is 6.18 Å². The van der Waals surface area contributed by atoms with Gasteiger partial charge in [0, 0.05) is 18.8 Å².